The van der Waals surface area contributed by atoms with Gasteiger partial charge in [0.05, 0.1) is 12.2 Å². The van der Waals surface area contributed by atoms with Crippen LogP contribution in [0.3, 0.4) is 0 Å². The van der Waals surface area contributed by atoms with E-state index in [0.29, 0.717) is 30.5 Å². The smallest absolute Gasteiger partial charge is 0.308 e. The van der Waals surface area contributed by atoms with Crippen LogP contribution in [0.5, 0.6) is 0 Å². The molecule has 1 saturated heterocycles. The standard InChI is InChI=1S/C16H28N2O4S/c1-11(2)9-18-6-7-23-10-13(19)17-12(15(18)21)8-14(20)22-16(3,4)5/h11-12H,6-10H2,1-5H3,(H,17,19)/t12-/m0/s1. The Labute approximate surface area is 142 Å². The molecular weight excluding hydrogens is 316 g/mol. The second kappa shape index (κ2) is 8.57. The summed E-state index contributed by atoms with van der Waals surface area (Å²) in [6.45, 7) is 10.6. The number of carbonyl (C=O) groups is 3. The zero-order chi connectivity index (χ0) is 17.6. The van der Waals surface area contributed by atoms with Crippen molar-refractivity contribution in [2.24, 2.45) is 5.92 Å². The molecular formula is C16H28N2O4S. The maximum absolute atomic E-state index is 12.7. The molecule has 6 nitrogen and oxygen atoms in total. The summed E-state index contributed by atoms with van der Waals surface area (Å²) in [6, 6.07) is -0.852. The van der Waals surface area contributed by atoms with Crippen LogP contribution in [0.25, 0.3) is 0 Å². The van der Waals surface area contributed by atoms with Gasteiger partial charge in [0.15, 0.2) is 0 Å². The van der Waals surface area contributed by atoms with E-state index in [4.69, 9.17) is 4.74 Å². The quantitative estimate of drug-likeness (QED) is 0.781. The molecule has 0 unspecified atom stereocenters. The number of thioether (sulfide) groups is 1. The first-order valence-corrected chi connectivity index (χ1v) is 9.11. The zero-order valence-electron chi connectivity index (χ0n) is 14.7. The molecule has 1 N–H and O–H groups in total. The first kappa shape index (κ1) is 19.8. The summed E-state index contributed by atoms with van der Waals surface area (Å²) in [5.74, 6) is 0.428. The number of esters is 1. The molecule has 0 spiro atoms. The Hall–Kier alpha value is -1.24. The third-order valence-electron chi connectivity index (χ3n) is 3.06. The fraction of sp³-hybridized carbons (Fsp3) is 0.812. The van der Waals surface area contributed by atoms with Gasteiger partial charge in [0.25, 0.3) is 0 Å². The first-order chi connectivity index (χ1) is 10.6. The van der Waals surface area contributed by atoms with E-state index in [1.807, 2.05) is 13.8 Å². The second-order valence-electron chi connectivity index (χ2n) is 7.14. The van der Waals surface area contributed by atoms with E-state index in [1.54, 1.807) is 25.7 Å². The normalized spacial score (nSPS) is 20.6. The van der Waals surface area contributed by atoms with E-state index in [1.165, 1.54) is 11.8 Å². The van der Waals surface area contributed by atoms with Crippen molar-refractivity contribution in [2.45, 2.75) is 52.7 Å². The van der Waals surface area contributed by atoms with E-state index in [9.17, 15) is 14.4 Å². The highest BCUT2D eigenvalue weighted by Crippen LogP contribution is 2.13. The van der Waals surface area contributed by atoms with Crippen molar-refractivity contribution in [1.29, 1.82) is 0 Å². The van der Waals surface area contributed by atoms with Crippen molar-refractivity contribution >= 4 is 29.5 Å². The maximum Gasteiger partial charge on any atom is 0.308 e. The molecule has 0 bridgehead atoms. The van der Waals surface area contributed by atoms with Gasteiger partial charge in [0.1, 0.15) is 11.6 Å². The van der Waals surface area contributed by atoms with Crippen LogP contribution in [0, 0.1) is 5.92 Å². The van der Waals surface area contributed by atoms with Gasteiger partial charge in [-0.05, 0) is 26.7 Å². The summed E-state index contributed by atoms with van der Waals surface area (Å²) < 4.78 is 5.28. The number of ether oxygens (including phenoxy) is 1. The highest BCUT2D eigenvalue weighted by atomic mass is 32.2. The largest absolute Gasteiger partial charge is 0.460 e. The van der Waals surface area contributed by atoms with Gasteiger partial charge in [-0.3, -0.25) is 14.4 Å². The number of nitrogens with one attached hydrogen (secondary N) is 1. The fourth-order valence-corrected chi connectivity index (χ4v) is 3.04. The van der Waals surface area contributed by atoms with Gasteiger partial charge < -0.3 is 15.0 Å². The van der Waals surface area contributed by atoms with Gasteiger partial charge in [-0.25, -0.2) is 0 Å². The number of amides is 2. The van der Waals surface area contributed by atoms with Gasteiger partial charge in [0.2, 0.25) is 11.8 Å². The minimum absolute atomic E-state index is 0.138. The first-order valence-electron chi connectivity index (χ1n) is 7.96. The Bertz CT molecular complexity index is 446. The summed E-state index contributed by atoms with van der Waals surface area (Å²) >= 11 is 1.49. The van der Waals surface area contributed by atoms with Crippen LogP contribution in [-0.2, 0) is 19.1 Å². The third kappa shape index (κ3) is 7.72. The fourth-order valence-electron chi connectivity index (χ4n) is 2.28. The van der Waals surface area contributed by atoms with Gasteiger partial charge in [-0.1, -0.05) is 13.8 Å². The Morgan fingerprint density at radius 3 is 2.61 bits per heavy atom. The predicted octanol–water partition coefficient (Wildman–Crippen LogP) is 1.43. The van der Waals surface area contributed by atoms with E-state index < -0.39 is 17.6 Å². The lowest BCUT2D eigenvalue weighted by atomic mass is 10.1. The highest BCUT2D eigenvalue weighted by Gasteiger charge is 2.31. The Kier molecular flexibility index (Phi) is 7.38. The number of nitrogens with zero attached hydrogens (tertiary/aromatic N) is 1. The number of hydrogen-bond acceptors (Lipinski definition) is 5. The van der Waals surface area contributed by atoms with E-state index in [0.717, 1.165) is 0 Å². The Morgan fingerprint density at radius 1 is 1.39 bits per heavy atom. The van der Waals surface area contributed by atoms with E-state index in [2.05, 4.69) is 5.32 Å². The molecule has 1 aliphatic rings. The van der Waals surface area contributed by atoms with Crippen molar-refractivity contribution in [3.05, 3.63) is 0 Å². The molecule has 1 aliphatic heterocycles. The topological polar surface area (TPSA) is 75.7 Å². The number of carbonyl (C=O) groups excluding carboxylic acids is 3. The van der Waals surface area contributed by atoms with Crippen molar-refractivity contribution in [2.75, 3.05) is 24.6 Å². The molecule has 0 aromatic heterocycles. The summed E-state index contributed by atoms with van der Waals surface area (Å²) in [6.07, 6.45) is -0.138. The van der Waals surface area contributed by atoms with Crippen LogP contribution >= 0.6 is 11.8 Å². The monoisotopic (exact) mass is 344 g/mol. The van der Waals surface area contributed by atoms with Crippen LogP contribution in [0.1, 0.15) is 41.0 Å². The van der Waals surface area contributed by atoms with Crippen molar-refractivity contribution < 1.29 is 19.1 Å². The molecule has 0 aromatic carbocycles. The van der Waals surface area contributed by atoms with Crippen LogP contribution < -0.4 is 5.32 Å². The molecule has 7 heteroatoms. The maximum atomic E-state index is 12.7. The lowest BCUT2D eigenvalue weighted by molar-refractivity contribution is -0.157. The molecule has 0 radical (unpaired) electrons. The van der Waals surface area contributed by atoms with Crippen LogP contribution in [0.4, 0.5) is 0 Å². The molecule has 132 valence electrons. The third-order valence-corrected chi connectivity index (χ3v) is 4.00. The van der Waals surface area contributed by atoms with Gasteiger partial charge >= 0.3 is 5.97 Å². The average Bonchev–Trinajstić information content (AvgIpc) is 2.42. The predicted molar refractivity (Wildman–Crippen MR) is 91.1 cm³/mol. The molecule has 23 heavy (non-hydrogen) atoms. The zero-order valence-corrected chi connectivity index (χ0v) is 15.5. The Balaban J connectivity index is 2.85. The van der Waals surface area contributed by atoms with Gasteiger partial charge in [-0.2, -0.15) is 11.8 Å². The van der Waals surface area contributed by atoms with Crippen LogP contribution in [0.15, 0.2) is 0 Å². The average molecular weight is 344 g/mol. The highest BCUT2D eigenvalue weighted by molar-refractivity contribution is 7.99. The van der Waals surface area contributed by atoms with Crippen LogP contribution in [-0.4, -0.2) is 58.9 Å². The molecule has 2 amide bonds. The molecule has 0 aromatic rings. The summed E-state index contributed by atoms with van der Waals surface area (Å²) in [5, 5.41) is 2.68. The van der Waals surface area contributed by atoms with Crippen molar-refractivity contribution in [1.82, 2.24) is 10.2 Å². The SMILES string of the molecule is CC(C)CN1CCSCC(=O)N[C@@H](CC(=O)OC(C)(C)C)C1=O. The van der Waals surface area contributed by atoms with Gasteiger partial charge in [0, 0.05) is 18.8 Å². The van der Waals surface area contributed by atoms with E-state index in [-0.39, 0.29) is 18.2 Å². The molecule has 0 aliphatic carbocycles. The Morgan fingerprint density at radius 2 is 2.04 bits per heavy atom. The van der Waals surface area contributed by atoms with Crippen molar-refractivity contribution in [3.8, 4) is 0 Å². The lowest BCUT2D eigenvalue weighted by Crippen LogP contribution is -2.50. The second-order valence-corrected chi connectivity index (χ2v) is 8.25. The number of rotatable bonds is 4. The summed E-state index contributed by atoms with van der Waals surface area (Å²) in [4.78, 5) is 38.4. The minimum atomic E-state index is -0.852. The molecule has 1 heterocycles. The van der Waals surface area contributed by atoms with Crippen molar-refractivity contribution in [3.63, 3.8) is 0 Å². The minimum Gasteiger partial charge on any atom is -0.460 e. The molecule has 1 rings (SSSR count). The number of hydrogen-bond donors (Lipinski definition) is 1. The molecule has 1 fully saturated rings. The summed E-state index contributed by atoms with van der Waals surface area (Å²) in [5.41, 5.74) is -0.615. The lowest BCUT2D eigenvalue weighted by Gasteiger charge is -2.28. The molecule has 0 saturated carbocycles. The van der Waals surface area contributed by atoms with Crippen LogP contribution in [0.2, 0.25) is 0 Å². The molecule has 1 atom stereocenters. The van der Waals surface area contributed by atoms with E-state index >= 15 is 0 Å². The summed E-state index contributed by atoms with van der Waals surface area (Å²) in [7, 11) is 0. The van der Waals surface area contributed by atoms with Gasteiger partial charge in [-0.15, -0.1) is 0 Å².